The Morgan fingerprint density at radius 1 is 1.05 bits per heavy atom. The first-order valence-corrected chi connectivity index (χ1v) is 12.5. The molecule has 1 aliphatic heterocycles. The molecule has 3 aromatic rings. The number of aliphatic hydroxyl groups excluding tert-OH is 1. The van der Waals surface area contributed by atoms with Crippen LogP contribution in [0.4, 0.5) is 5.69 Å². The molecule has 1 unspecified atom stereocenters. The van der Waals surface area contributed by atoms with E-state index in [1.165, 1.54) is 30.5 Å². The first-order valence-electron chi connectivity index (χ1n) is 11.6. The van der Waals surface area contributed by atoms with Crippen LogP contribution in [0.15, 0.2) is 65.6 Å². The molecule has 9 heteroatoms. The molecular formula is C28H27NO7S. The predicted molar refractivity (Wildman–Crippen MR) is 140 cm³/mol. The summed E-state index contributed by atoms with van der Waals surface area (Å²) in [5.41, 5.74) is 1.39. The largest absolute Gasteiger partial charge is 0.507 e. The Labute approximate surface area is 218 Å². The molecule has 1 amide bonds. The van der Waals surface area contributed by atoms with Crippen molar-refractivity contribution >= 4 is 40.4 Å². The molecule has 1 aliphatic rings. The van der Waals surface area contributed by atoms with Gasteiger partial charge < -0.3 is 19.3 Å². The van der Waals surface area contributed by atoms with Crippen LogP contribution in [0.5, 0.6) is 11.5 Å². The molecule has 37 heavy (non-hydrogen) atoms. The van der Waals surface area contributed by atoms with Crippen LogP contribution in [0.3, 0.4) is 0 Å². The molecule has 1 saturated heterocycles. The van der Waals surface area contributed by atoms with Gasteiger partial charge in [0.15, 0.2) is 0 Å². The number of benzene rings is 2. The standard InChI is InChI=1S/C28H27NO7S/c1-16(2)36-23(30)14-17-7-9-18(10-8-17)29-25(22-6-5-13-37-22)24(27(32)28(29)33)26(31)20-12-11-19(34-3)15-21(20)35-4/h5-13,15-16,25,31H,14H2,1-4H3/b26-24-. The van der Waals surface area contributed by atoms with E-state index in [4.69, 9.17) is 14.2 Å². The van der Waals surface area contributed by atoms with Crippen LogP contribution in [-0.2, 0) is 25.5 Å². The third-order valence-corrected chi connectivity index (χ3v) is 6.78. The Morgan fingerprint density at radius 2 is 1.78 bits per heavy atom. The van der Waals surface area contributed by atoms with Gasteiger partial charge >= 0.3 is 5.97 Å². The van der Waals surface area contributed by atoms with Crippen molar-refractivity contribution < 1.29 is 33.7 Å². The summed E-state index contributed by atoms with van der Waals surface area (Å²) >= 11 is 1.37. The number of hydrogen-bond donors (Lipinski definition) is 1. The average Bonchev–Trinajstić information content (AvgIpc) is 3.50. The summed E-state index contributed by atoms with van der Waals surface area (Å²) < 4.78 is 15.8. The van der Waals surface area contributed by atoms with E-state index < -0.39 is 17.7 Å². The van der Waals surface area contributed by atoms with Crippen LogP contribution >= 0.6 is 11.3 Å². The van der Waals surface area contributed by atoms with Gasteiger partial charge in [0.25, 0.3) is 11.7 Å². The molecule has 8 nitrogen and oxygen atoms in total. The summed E-state index contributed by atoms with van der Waals surface area (Å²) in [4.78, 5) is 40.7. The highest BCUT2D eigenvalue weighted by molar-refractivity contribution is 7.10. The Hall–Kier alpha value is -4.11. The second-order valence-electron chi connectivity index (χ2n) is 8.63. The molecule has 0 saturated carbocycles. The van der Waals surface area contributed by atoms with Crippen molar-refractivity contribution in [1.82, 2.24) is 0 Å². The van der Waals surface area contributed by atoms with Crippen LogP contribution in [0.2, 0.25) is 0 Å². The number of rotatable bonds is 8. The number of thiophene rings is 1. The first kappa shape index (κ1) is 26.0. The molecule has 1 N–H and O–H groups in total. The number of anilines is 1. The zero-order chi connectivity index (χ0) is 26.7. The summed E-state index contributed by atoms with van der Waals surface area (Å²) in [5.74, 6) is -1.45. The fraction of sp³-hybridized carbons (Fsp3) is 0.250. The maximum atomic E-state index is 13.3. The maximum absolute atomic E-state index is 13.3. The molecule has 0 radical (unpaired) electrons. The van der Waals surface area contributed by atoms with Crippen molar-refractivity contribution in [3.05, 3.63) is 81.6 Å². The number of carbonyl (C=O) groups excluding carboxylic acids is 3. The fourth-order valence-corrected chi connectivity index (χ4v) is 5.02. The highest BCUT2D eigenvalue weighted by atomic mass is 32.1. The van der Waals surface area contributed by atoms with Crippen LogP contribution in [-0.4, -0.2) is 43.1 Å². The lowest BCUT2D eigenvalue weighted by Crippen LogP contribution is -2.29. The van der Waals surface area contributed by atoms with Crippen molar-refractivity contribution in [2.24, 2.45) is 0 Å². The molecule has 1 fully saturated rings. The van der Waals surface area contributed by atoms with Crippen molar-refractivity contribution in [2.75, 3.05) is 19.1 Å². The van der Waals surface area contributed by atoms with Gasteiger partial charge in [0.1, 0.15) is 23.3 Å². The minimum absolute atomic E-state index is 0.0412. The number of nitrogens with zero attached hydrogens (tertiary/aromatic N) is 1. The number of hydrogen-bond acceptors (Lipinski definition) is 8. The minimum atomic E-state index is -0.844. The SMILES string of the molecule is COc1ccc(/C(O)=C2/C(=O)C(=O)N(c3ccc(CC(=O)OC(C)C)cc3)C2c2cccs2)c(OC)c1. The molecule has 0 bridgehead atoms. The lowest BCUT2D eigenvalue weighted by Gasteiger charge is -2.24. The zero-order valence-corrected chi connectivity index (χ0v) is 21.7. The van der Waals surface area contributed by atoms with Crippen molar-refractivity contribution in [2.45, 2.75) is 32.4 Å². The van der Waals surface area contributed by atoms with E-state index in [1.807, 2.05) is 17.5 Å². The van der Waals surface area contributed by atoms with Gasteiger partial charge in [-0.3, -0.25) is 19.3 Å². The van der Waals surface area contributed by atoms with Crippen molar-refractivity contribution in [3.8, 4) is 11.5 Å². The summed E-state index contributed by atoms with van der Waals surface area (Å²) in [6.07, 6.45) is -0.128. The molecule has 0 aliphatic carbocycles. The fourth-order valence-electron chi connectivity index (χ4n) is 4.20. The lowest BCUT2D eigenvalue weighted by molar-refractivity contribution is -0.146. The van der Waals surface area contributed by atoms with E-state index in [0.717, 1.165) is 0 Å². The molecule has 1 atom stereocenters. The van der Waals surface area contributed by atoms with E-state index in [0.29, 0.717) is 27.6 Å². The number of methoxy groups -OCH3 is 2. The van der Waals surface area contributed by atoms with Gasteiger partial charge in [-0.05, 0) is 55.1 Å². The van der Waals surface area contributed by atoms with E-state index in [9.17, 15) is 19.5 Å². The van der Waals surface area contributed by atoms with Crippen LogP contribution < -0.4 is 14.4 Å². The summed E-state index contributed by atoms with van der Waals surface area (Å²) in [6.45, 7) is 3.56. The third kappa shape index (κ3) is 5.22. The van der Waals surface area contributed by atoms with Gasteiger partial charge in [-0.15, -0.1) is 11.3 Å². The number of ketones is 1. The van der Waals surface area contributed by atoms with Crippen molar-refractivity contribution in [3.63, 3.8) is 0 Å². The van der Waals surface area contributed by atoms with Crippen LogP contribution in [0.1, 0.15) is 35.9 Å². The summed E-state index contributed by atoms with van der Waals surface area (Å²) in [6, 6.07) is 14.4. The number of carbonyl (C=O) groups is 3. The molecule has 2 heterocycles. The molecule has 1 aromatic heterocycles. The Balaban J connectivity index is 1.77. The van der Waals surface area contributed by atoms with Crippen molar-refractivity contribution in [1.29, 1.82) is 0 Å². The Morgan fingerprint density at radius 3 is 2.38 bits per heavy atom. The predicted octanol–water partition coefficient (Wildman–Crippen LogP) is 4.89. The Bertz CT molecular complexity index is 1340. The molecule has 4 rings (SSSR count). The van der Waals surface area contributed by atoms with E-state index in [-0.39, 0.29) is 35.4 Å². The second kappa shape index (κ2) is 10.9. The van der Waals surface area contributed by atoms with Gasteiger partial charge in [-0.2, -0.15) is 0 Å². The molecular weight excluding hydrogens is 494 g/mol. The number of esters is 1. The third-order valence-electron chi connectivity index (χ3n) is 5.85. The number of Topliss-reactive ketones (excluding diaryl/α,β-unsaturated/α-hetero) is 1. The van der Waals surface area contributed by atoms with Gasteiger partial charge in [-0.1, -0.05) is 18.2 Å². The number of ether oxygens (including phenoxy) is 3. The van der Waals surface area contributed by atoms with Crippen LogP contribution in [0, 0.1) is 0 Å². The highest BCUT2D eigenvalue weighted by Crippen LogP contribution is 2.44. The van der Waals surface area contributed by atoms with Gasteiger partial charge in [0, 0.05) is 16.6 Å². The smallest absolute Gasteiger partial charge is 0.310 e. The van der Waals surface area contributed by atoms with E-state index in [2.05, 4.69) is 0 Å². The van der Waals surface area contributed by atoms with Gasteiger partial charge in [-0.25, -0.2) is 0 Å². The molecule has 192 valence electrons. The number of amides is 1. The zero-order valence-electron chi connectivity index (χ0n) is 20.9. The normalized spacial score (nSPS) is 16.8. The quantitative estimate of drug-likeness (QED) is 0.195. The summed E-state index contributed by atoms with van der Waals surface area (Å²) in [5, 5.41) is 13.2. The summed E-state index contributed by atoms with van der Waals surface area (Å²) in [7, 11) is 2.95. The molecule has 2 aromatic carbocycles. The monoisotopic (exact) mass is 521 g/mol. The topological polar surface area (TPSA) is 102 Å². The van der Waals surface area contributed by atoms with E-state index in [1.54, 1.807) is 56.3 Å². The Kier molecular flexibility index (Phi) is 7.63. The highest BCUT2D eigenvalue weighted by Gasteiger charge is 2.47. The first-order chi connectivity index (χ1) is 17.7. The van der Waals surface area contributed by atoms with E-state index >= 15 is 0 Å². The maximum Gasteiger partial charge on any atom is 0.310 e. The minimum Gasteiger partial charge on any atom is -0.507 e. The second-order valence-corrected chi connectivity index (χ2v) is 9.61. The van der Waals surface area contributed by atoms with Gasteiger partial charge in [0.05, 0.1) is 37.9 Å². The van der Waals surface area contributed by atoms with Crippen LogP contribution in [0.25, 0.3) is 5.76 Å². The average molecular weight is 522 g/mol. The molecule has 0 spiro atoms. The lowest BCUT2D eigenvalue weighted by atomic mass is 9.99. The number of aliphatic hydroxyl groups is 1. The van der Waals surface area contributed by atoms with Gasteiger partial charge in [0.2, 0.25) is 0 Å².